The summed E-state index contributed by atoms with van der Waals surface area (Å²) in [4.78, 5) is 4.37. The molecule has 1 saturated heterocycles. The number of methoxy groups -OCH3 is 1. The summed E-state index contributed by atoms with van der Waals surface area (Å²) in [7, 11) is 1.14. The molecule has 27 heavy (non-hydrogen) atoms. The highest BCUT2D eigenvalue weighted by Crippen LogP contribution is 2.38. The molecule has 3 heterocycles. The van der Waals surface area contributed by atoms with Gasteiger partial charge in [0.25, 0.3) is 0 Å². The molecule has 1 aliphatic heterocycles. The van der Waals surface area contributed by atoms with Gasteiger partial charge in [0.15, 0.2) is 0 Å². The fourth-order valence-electron chi connectivity index (χ4n) is 2.97. The summed E-state index contributed by atoms with van der Waals surface area (Å²) in [6.45, 7) is 8.13. The van der Waals surface area contributed by atoms with Gasteiger partial charge >= 0.3 is 7.12 Å². The number of fused-ring (bicyclic) bond motifs is 1. The first-order valence-electron chi connectivity index (χ1n) is 8.84. The van der Waals surface area contributed by atoms with Crippen LogP contribution >= 0.6 is 11.3 Å². The average Bonchev–Trinajstić information content (AvgIpc) is 3.17. The average molecular weight is 383 g/mol. The first-order chi connectivity index (χ1) is 12.8. The van der Waals surface area contributed by atoms with Crippen LogP contribution in [-0.2, 0) is 9.31 Å². The Morgan fingerprint density at radius 3 is 2.48 bits per heavy atom. The van der Waals surface area contributed by atoms with Gasteiger partial charge in [-0.05, 0) is 56.7 Å². The van der Waals surface area contributed by atoms with Crippen molar-refractivity contribution in [2.24, 2.45) is 0 Å². The number of thiophene rings is 1. The zero-order valence-corrected chi connectivity index (χ0v) is 16.9. The summed E-state index contributed by atoms with van der Waals surface area (Å²) >= 11 is 1.61. The van der Waals surface area contributed by atoms with Gasteiger partial charge in [0, 0.05) is 17.7 Å². The molecule has 0 saturated carbocycles. The lowest BCUT2D eigenvalue weighted by Gasteiger charge is -2.32. The van der Waals surface area contributed by atoms with E-state index in [4.69, 9.17) is 18.8 Å². The Morgan fingerprint density at radius 2 is 1.78 bits per heavy atom. The van der Waals surface area contributed by atoms with Crippen molar-refractivity contribution in [3.8, 4) is 17.4 Å². The van der Waals surface area contributed by atoms with Crippen LogP contribution in [-0.4, -0.2) is 30.4 Å². The van der Waals surface area contributed by atoms with E-state index in [0.29, 0.717) is 17.4 Å². The van der Waals surface area contributed by atoms with Crippen LogP contribution in [0.15, 0.2) is 41.9 Å². The van der Waals surface area contributed by atoms with Crippen LogP contribution in [0.5, 0.6) is 17.4 Å². The summed E-state index contributed by atoms with van der Waals surface area (Å²) in [5, 5.41) is 3.15. The molecule has 1 fully saturated rings. The molecule has 0 bridgehead atoms. The maximum Gasteiger partial charge on any atom is 0.498 e. The van der Waals surface area contributed by atoms with Crippen molar-refractivity contribution >= 4 is 34.0 Å². The summed E-state index contributed by atoms with van der Waals surface area (Å²) < 4.78 is 24.9. The molecule has 0 spiro atoms. The van der Waals surface area contributed by atoms with Crippen LogP contribution < -0.4 is 14.9 Å². The highest BCUT2D eigenvalue weighted by atomic mass is 32.1. The van der Waals surface area contributed by atoms with E-state index in [0.717, 1.165) is 15.5 Å². The molecule has 0 unspecified atom stereocenters. The molecule has 1 aliphatic rings. The molecule has 140 valence electrons. The molecule has 0 atom stereocenters. The predicted molar refractivity (Wildman–Crippen MR) is 108 cm³/mol. The normalized spacial score (nSPS) is 18.0. The van der Waals surface area contributed by atoms with Crippen LogP contribution in [0, 0.1) is 0 Å². The lowest BCUT2D eigenvalue weighted by Crippen LogP contribution is -2.41. The zero-order chi connectivity index (χ0) is 19.2. The Hall–Kier alpha value is -2.09. The zero-order valence-electron chi connectivity index (χ0n) is 16.1. The largest absolute Gasteiger partial charge is 0.498 e. The van der Waals surface area contributed by atoms with E-state index < -0.39 is 18.3 Å². The van der Waals surface area contributed by atoms with E-state index in [1.165, 1.54) is 0 Å². The van der Waals surface area contributed by atoms with Crippen LogP contribution in [0.1, 0.15) is 27.7 Å². The standard InChI is InChI=1S/C20H22BNO4S/c1-19(2)20(3,4)26-21(25-19)15-7-6-14(12-16(15)23-5)24-18-17-13(8-10-22-18)9-11-27-17/h6-12H,1-5H3. The van der Waals surface area contributed by atoms with E-state index in [9.17, 15) is 0 Å². The first-order valence-corrected chi connectivity index (χ1v) is 9.72. The van der Waals surface area contributed by atoms with E-state index in [1.54, 1.807) is 24.6 Å². The van der Waals surface area contributed by atoms with E-state index in [1.807, 2.05) is 57.3 Å². The first kappa shape index (κ1) is 18.3. The Bertz CT molecular complexity index is 969. The van der Waals surface area contributed by atoms with Crippen LogP contribution in [0.2, 0.25) is 0 Å². The minimum atomic E-state index is -0.488. The molecule has 0 radical (unpaired) electrons. The second kappa shape index (κ2) is 6.51. The number of aromatic nitrogens is 1. The molecule has 3 aromatic rings. The van der Waals surface area contributed by atoms with Gasteiger partial charge in [-0.15, -0.1) is 11.3 Å². The fraction of sp³-hybridized carbons (Fsp3) is 0.350. The Kier molecular flexibility index (Phi) is 4.41. The van der Waals surface area contributed by atoms with Crippen molar-refractivity contribution in [3.63, 3.8) is 0 Å². The second-order valence-electron chi connectivity index (χ2n) is 7.55. The molecule has 1 aromatic carbocycles. The number of pyridine rings is 1. The van der Waals surface area contributed by atoms with Gasteiger partial charge in [-0.2, -0.15) is 0 Å². The van der Waals surface area contributed by atoms with Crippen LogP contribution in [0.25, 0.3) is 10.1 Å². The predicted octanol–water partition coefficient (Wildman–Crippen LogP) is 4.40. The monoisotopic (exact) mass is 383 g/mol. The summed E-state index contributed by atoms with van der Waals surface area (Å²) in [6.07, 6.45) is 1.75. The third-order valence-corrected chi connectivity index (χ3v) is 6.18. The summed E-state index contributed by atoms with van der Waals surface area (Å²) in [5.74, 6) is 1.90. The van der Waals surface area contributed by atoms with E-state index in [2.05, 4.69) is 11.1 Å². The van der Waals surface area contributed by atoms with Crippen LogP contribution in [0.4, 0.5) is 0 Å². The topological polar surface area (TPSA) is 49.8 Å². The van der Waals surface area contributed by atoms with E-state index in [-0.39, 0.29) is 0 Å². The lowest BCUT2D eigenvalue weighted by atomic mass is 9.78. The van der Waals surface area contributed by atoms with Crippen molar-refractivity contribution in [2.75, 3.05) is 7.11 Å². The number of hydrogen-bond acceptors (Lipinski definition) is 6. The third-order valence-electron chi connectivity index (χ3n) is 5.26. The highest BCUT2D eigenvalue weighted by Gasteiger charge is 2.52. The lowest BCUT2D eigenvalue weighted by molar-refractivity contribution is 0.00578. The number of benzene rings is 1. The second-order valence-corrected chi connectivity index (χ2v) is 8.47. The number of rotatable bonds is 4. The van der Waals surface area contributed by atoms with Gasteiger partial charge in [-0.3, -0.25) is 0 Å². The number of ether oxygens (including phenoxy) is 2. The van der Waals surface area contributed by atoms with Gasteiger partial charge < -0.3 is 18.8 Å². The minimum absolute atomic E-state index is 0.406. The molecular weight excluding hydrogens is 361 g/mol. The smallest absolute Gasteiger partial charge is 0.497 e. The van der Waals surface area contributed by atoms with Crippen molar-refractivity contribution in [1.29, 1.82) is 0 Å². The van der Waals surface area contributed by atoms with Gasteiger partial charge in [0.1, 0.15) is 11.5 Å². The van der Waals surface area contributed by atoms with Crippen molar-refractivity contribution in [2.45, 2.75) is 38.9 Å². The minimum Gasteiger partial charge on any atom is -0.497 e. The van der Waals surface area contributed by atoms with Gasteiger partial charge in [0.2, 0.25) is 5.88 Å². The molecular formula is C20H22BNO4S. The third kappa shape index (κ3) is 3.20. The van der Waals surface area contributed by atoms with E-state index >= 15 is 0 Å². The van der Waals surface area contributed by atoms with Crippen LogP contribution in [0.3, 0.4) is 0 Å². The quantitative estimate of drug-likeness (QED) is 0.626. The maximum atomic E-state index is 6.14. The molecule has 0 N–H and O–H groups in total. The van der Waals surface area contributed by atoms with Crippen molar-refractivity contribution in [1.82, 2.24) is 4.98 Å². The number of hydrogen-bond donors (Lipinski definition) is 0. The fourth-order valence-corrected chi connectivity index (χ4v) is 3.79. The molecule has 4 rings (SSSR count). The van der Waals surface area contributed by atoms with Crippen molar-refractivity contribution < 1.29 is 18.8 Å². The molecule has 5 nitrogen and oxygen atoms in total. The molecule has 0 amide bonds. The molecule has 0 aliphatic carbocycles. The maximum absolute atomic E-state index is 6.14. The van der Waals surface area contributed by atoms with Gasteiger partial charge in [0.05, 0.1) is 23.0 Å². The number of nitrogens with zero attached hydrogens (tertiary/aromatic N) is 1. The summed E-state index contributed by atoms with van der Waals surface area (Å²) in [6, 6.07) is 9.67. The summed E-state index contributed by atoms with van der Waals surface area (Å²) in [5.41, 5.74) is 0.0264. The Balaban J connectivity index is 1.64. The molecule has 7 heteroatoms. The van der Waals surface area contributed by atoms with Gasteiger partial charge in [-0.25, -0.2) is 4.98 Å². The molecule has 2 aromatic heterocycles. The SMILES string of the molecule is COc1cc(Oc2nccc3ccsc23)ccc1B1OC(C)(C)C(C)(C)O1. The van der Waals surface area contributed by atoms with Crippen molar-refractivity contribution in [3.05, 3.63) is 41.9 Å². The Morgan fingerprint density at radius 1 is 1.04 bits per heavy atom. The Labute approximate surface area is 163 Å². The highest BCUT2D eigenvalue weighted by molar-refractivity contribution is 7.17. The van der Waals surface area contributed by atoms with Gasteiger partial charge in [-0.1, -0.05) is 6.07 Å².